The van der Waals surface area contributed by atoms with Gasteiger partial charge in [0.2, 0.25) is 5.82 Å². The fraction of sp³-hybridized carbons (Fsp3) is 0.350. The number of benzene rings is 1. The number of carbonyl (C=O) groups is 1. The van der Waals surface area contributed by atoms with E-state index in [1.165, 1.54) is 0 Å². The summed E-state index contributed by atoms with van der Waals surface area (Å²) < 4.78 is 0. The molecular weight excluding hydrogens is 354 g/mol. The van der Waals surface area contributed by atoms with Gasteiger partial charge in [0.1, 0.15) is 0 Å². The maximum absolute atomic E-state index is 13.7. The van der Waals surface area contributed by atoms with Crippen LogP contribution >= 0.6 is 0 Å². The summed E-state index contributed by atoms with van der Waals surface area (Å²) in [5, 5.41) is 14.2. The summed E-state index contributed by atoms with van der Waals surface area (Å²) in [5.74, 6) is 0.419. The van der Waals surface area contributed by atoms with Gasteiger partial charge in [-0.2, -0.15) is 5.21 Å². The van der Waals surface area contributed by atoms with Crippen molar-refractivity contribution in [3.63, 3.8) is 0 Å². The van der Waals surface area contributed by atoms with Gasteiger partial charge in [0.15, 0.2) is 0 Å². The van der Waals surface area contributed by atoms with Crippen LogP contribution in [0.5, 0.6) is 0 Å². The highest BCUT2D eigenvalue weighted by Gasteiger charge is 2.29. The van der Waals surface area contributed by atoms with Gasteiger partial charge in [-0.25, -0.2) is 0 Å². The van der Waals surface area contributed by atoms with Gasteiger partial charge >= 0.3 is 0 Å². The Balaban J connectivity index is 1.67. The number of piperidine rings is 1. The number of rotatable bonds is 5. The molecule has 1 aliphatic rings. The van der Waals surface area contributed by atoms with Crippen LogP contribution in [-0.2, 0) is 6.54 Å². The Hall–Kier alpha value is -3.13. The minimum Gasteiger partial charge on any atom is -0.331 e. The first-order chi connectivity index (χ1) is 13.7. The van der Waals surface area contributed by atoms with E-state index in [1.807, 2.05) is 41.3 Å². The predicted octanol–water partition coefficient (Wildman–Crippen LogP) is 2.00. The molecule has 2 aromatic heterocycles. The number of hydrogen-bond donors (Lipinski definition) is 1. The topological polar surface area (TPSA) is 90.9 Å². The number of likely N-dealkylation sites (tertiary alicyclic amines) is 1. The molecule has 0 saturated carbocycles. The predicted molar refractivity (Wildman–Crippen MR) is 104 cm³/mol. The van der Waals surface area contributed by atoms with Crippen LogP contribution in [0, 0.1) is 0 Å². The number of tetrazole rings is 1. The Morgan fingerprint density at radius 3 is 2.64 bits per heavy atom. The molecule has 0 aliphatic carbocycles. The second kappa shape index (κ2) is 8.26. The average molecular weight is 377 g/mol. The summed E-state index contributed by atoms with van der Waals surface area (Å²) in [4.78, 5) is 22.0. The van der Waals surface area contributed by atoms with Gasteiger partial charge in [-0.15, -0.1) is 10.2 Å². The van der Waals surface area contributed by atoms with Gasteiger partial charge in [-0.05, 0) is 62.0 Å². The third-order valence-corrected chi connectivity index (χ3v) is 5.24. The number of H-pyrrole nitrogens is 1. The lowest BCUT2D eigenvalue weighted by molar-refractivity contribution is 0.0570. The molecule has 8 nitrogen and oxygen atoms in total. The van der Waals surface area contributed by atoms with Gasteiger partial charge in [0.05, 0.1) is 5.56 Å². The van der Waals surface area contributed by atoms with Crippen molar-refractivity contribution in [2.24, 2.45) is 0 Å². The first-order valence-electron chi connectivity index (χ1n) is 9.43. The number of nitrogens with zero attached hydrogens (tertiary/aromatic N) is 6. The van der Waals surface area contributed by atoms with Crippen LogP contribution in [0.25, 0.3) is 11.4 Å². The lowest BCUT2D eigenvalue weighted by Gasteiger charge is -2.37. The second-order valence-corrected chi connectivity index (χ2v) is 7.10. The van der Waals surface area contributed by atoms with E-state index in [9.17, 15) is 4.79 Å². The normalized spacial score (nSPS) is 15.5. The first-order valence-corrected chi connectivity index (χ1v) is 9.43. The van der Waals surface area contributed by atoms with Crippen LogP contribution in [0.4, 0.5) is 0 Å². The Morgan fingerprint density at radius 2 is 1.93 bits per heavy atom. The number of amides is 1. The zero-order chi connectivity index (χ0) is 19.3. The van der Waals surface area contributed by atoms with Crippen molar-refractivity contribution in [3.8, 4) is 11.4 Å². The Bertz CT molecular complexity index is 905. The first kappa shape index (κ1) is 18.2. The molecule has 4 rings (SSSR count). The average Bonchev–Trinajstić information content (AvgIpc) is 3.28. The van der Waals surface area contributed by atoms with Crippen molar-refractivity contribution in [1.82, 2.24) is 35.4 Å². The lowest BCUT2D eigenvalue weighted by atomic mass is 9.99. The molecule has 8 heteroatoms. The number of aromatic amines is 1. The monoisotopic (exact) mass is 377 g/mol. The molecule has 0 unspecified atom stereocenters. The standard InChI is InChI=1S/C20H23N7O/c1-26-12-8-16(9-13-26)27(14-15-6-10-21-11-7-15)20(28)18-5-3-2-4-17(18)19-22-24-25-23-19/h2-7,10-11,16H,8-9,12-14H2,1H3,(H,22,23,24,25). The van der Waals surface area contributed by atoms with E-state index in [2.05, 4.69) is 37.6 Å². The Labute approximate surface area is 163 Å². The molecule has 1 aliphatic heterocycles. The van der Waals surface area contributed by atoms with Crippen LogP contribution in [0.3, 0.4) is 0 Å². The maximum Gasteiger partial charge on any atom is 0.255 e. The smallest absolute Gasteiger partial charge is 0.255 e. The zero-order valence-corrected chi connectivity index (χ0v) is 15.8. The van der Waals surface area contributed by atoms with Gasteiger partial charge < -0.3 is 9.80 Å². The van der Waals surface area contributed by atoms with E-state index in [0.29, 0.717) is 23.5 Å². The minimum atomic E-state index is -0.00762. The quantitative estimate of drug-likeness (QED) is 0.731. The van der Waals surface area contributed by atoms with Crippen molar-refractivity contribution >= 4 is 5.91 Å². The van der Waals surface area contributed by atoms with Crippen molar-refractivity contribution in [2.75, 3.05) is 20.1 Å². The molecule has 1 N–H and O–H groups in total. The highest BCUT2D eigenvalue weighted by atomic mass is 16.2. The van der Waals surface area contributed by atoms with E-state index in [4.69, 9.17) is 0 Å². The van der Waals surface area contributed by atoms with E-state index in [1.54, 1.807) is 12.4 Å². The van der Waals surface area contributed by atoms with Gasteiger partial charge in [-0.3, -0.25) is 9.78 Å². The highest BCUT2D eigenvalue weighted by Crippen LogP contribution is 2.25. The van der Waals surface area contributed by atoms with Crippen LogP contribution in [0.15, 0.2) is 48.8 Å². The Morgan fingerprint density at radius 1 is 1.18 bits per heavy atom. The van der Waals surface area contributed by atoms with Gasteiger partial charge in [0, 0.05) is 30.5 Å². The van der Waals surface area contributed by atoms with Crippen LogP contribution in [0.2, 0.25) is 0 Å². The molecule has 0 spiro atoms. The molecule has 0 bridgehead atoms. The zero-order valence-electron chi connectivity index (χ0n) is 15.8. The number of hydrogen-bond acceptors (Lipinski definition) is 6. The molecule has 3 heterocycles. The SMILES string of the molecule is CN1CCC(N(Cc2ccncc2)C(=O)c2ccccc2-c2nn[nH]n2)CC1. The minimum absolute atomic E-state index is 0.00762. The Kier molecular flexibility index (Phi) is 5.38. The third-order valence-electron chi connectivity index (χ3n) is 5.24. The highest BCUT2D eigenvalue weighted by molar-refractivity contribution is 6.00. The lowest BCUT2D eigenvalue weighted by Crippen LogP contribution is -2.46. The number of carbonyl (C=O) groups excluding carboxylic acids is 1. The third kappa shape index (κ3) is 3.91. The fourth-order valence-corrected chi connectivity index (χ4v) is 3.65. The molecule has 1 amide bonds. The molecule has 1 saturated heterocycles. The summed E-state index contributed by atoms with van der Waals surface area (Å²) in [6, 6.07) is 11.6. The van der Waals surface area contributed by atoms with Crippen molar-refractivity contribution in [3.05, 3.63) is 59.9 Å². The van der Waals surface area contributed by atoms with E-state index in [-0.39, 0.29) is 11.9 Å². The van der Waals surface area contributed by atoms with Gasteiger partial charge in [-0.1, -0.05) is 18.2 Å². The van der Waals surface area contributed by atoms with Gasteiger partial charge in [0.25, 0.3) is 5.91 Å². The fourth-order valence-electron chi connectivity index (χ4n) is 3.65. The molecule has 3 aromatic rings. The number of aromatic nitrogens is 5. The maximum atomic E-state index is 13.7. The summed E-state index contributed by atoms with van der Waals surface area (Å²) >= 11 is 0. The van der Waals surface area contributed by atoms with E-state index in [0.717, 1.165) is 31.5 Å². The van der Waals surface area contributed by atoms with Crippen LogP contribution < -0.4 is 0 Å². The van der Waals surface area contributed by atoms with Crippen molar-refractivity contribution in [1.29, 1.82) is 0 Å². The summed E-state index contributed by atoms with van der Waals surface area (Å²) in [7, 11) is 2.12. The largest absolute Gasteiger partial charge is 0.331 e. The summed E-state index contributed by atoms with van der Waals surface area (Å²) in [5.41, 5.74) is 2.35. The molecular formula is C20H23N7O. The van der Waals surface area contributed by atoms with E-state index < -0.39 is 0 Å². The molecule has 28 heavy (non-hydrogen) atoms. The molecule has 0 radical (unpaired) electrons. The van der Waals surface area contributed by atoms with Crippen LogP contribution in [-0.4, -0.2) is 67.5 Å². The number of nitrogens with one attached hydrogen (secondary N) is 1. The molecule has 144 valence electrons. The van der Waals surface area contributed by atoms with Crippen molar-refractivity contribution in [2.45, 2.75) is 25.4 Å². The number of pyridine rings is 1. The second-order valence-electron chi connectivity index (χ2n) is 7.10. The summed E-state index contributed by atoms with van der Waals surface area (Å²) in [6.45, 7) is 2.52. The molecule has 1 aromatic carbocycles. The van der Waals surface area contributed by atoms with Crippen LogP contribution in [0.1, 0.15) is 28.8 Å². The molecule has 1 fully saturated rings. The van der Waals surface area contributed by atoms with Crippen molar-refractivity contribution < 1.29 is 4.79 Å². The van der Waals surface area contributed by atoms with E-state index >= 15 is 0 Å². The summed E-state index contributed by atoms with van der Waals surface area (Å²) in [6.07, 6.45) is 5.44. The molecule has 0 atom stereocenters.